The van der Waals surface area contributed by atoms with E-state index in [-0.39, 0.29) is 17.0 Å². The standard InChI is InChI=1S/C17H13NO5/c1-10-9-14(20)23-16-12(10)7-8-13(19)15(16)18-17(21)22-11-5-3-2-4-6-11/h2-9,19H,1H3,(H,18,21). The van der Waals surface area contributed by atoms with E-state index in [2.05, 4.69) is 5.32 Å². The third kappa shape index (κ3) is 3.01. The number of anilines is 1. The van der Waals surface area contributed by atoms with E-state index in [4.69, 9.17) is 9.15 Å². The minimum atomic E-state index is -0.803. The Morgan fingerprint density at radius 2 is 1.91 bits per heavy atom. The third-order valence-corrected chi connectivity index (χ3v) is 3.28. The highest BCUT2D eigenvalue weighted by Gasteiger charge is 2.15. The number of phenolic OH excluding ortho intramolecular Hbond substituents is 1. The average Bonchev–Trinajstić information content (AvgIpc) is 2.51. The molecule has 116 valence electrons. The number of fused-ring (bicyclic) bond motifs is 1. The number of benzene rings is 2. The van der Waals surface area contributed by atoms with Gasteiger partial charge in [0, 0.05) is 11.5 Å². The molecule has 0 fully saturated rings. The molecule has 0 spiro atoms. The molecule has 0 aliphatic carbocycles. The van der Waals surface area contributed by atoms with Crippen LogP contribution in [0.3, 0.4) is 0 Å². The zero-order valence-corrected chi connectivity index (χ0v) is 12.2. The summed E-state index contributed by atoms with van der Waals surface area (Å²) in [7, 11) is 0. The number of carbonyl (C=O) groups is 1. The van der Waals surface area contributed by atoms with Gasteiger partial charge in [-0.3, -0.25) is 5.32 Å². The van der Waals surface area contributed by atoms with Crippen LogP contribution in [0.15, 0.2) is 57.7 Å². The summed E-state index contributed by atoms with van der Waals surface area (Å²) < 4.78 is 10.2. The summed E-state index contributed by atoms with van der Waals surface area (Å²) in [6, 6.07) is 12.8. The van der Waals surface area contributed by atoms with Crippen molar-refractivity contribution >= 4 is 22.7 Å². The van der Waals surface area contributed by atoms with Gasteiger partial charge in [-0.1, -0.05) is 18.2 Å². The molecule has 0 radical (unpaired) electrons. The van der Waals surface area contributed by atoms with Crippen LogP contribution in [0, 0.1) is 6.92 Å². The quantitative estimate of drug-likeness (QED) is 0.559. The fourth-order valence-corrected chi connectivity index (χ4v) is 2.22. The van der Waals surface area contributed by atoms with Crippen LogP contribution < -0.4 is 15.7 Å². The largest absolute Gasteiger partial charge is 0.506 e. The number of aromatic hydroxyl groups is 1. The van der Waals surface area contributed by atoms with Gasteiger partial charge in [0.25, 0.3) is 0 Å². The Balaban J connectivity index is 1.98. The van der Waals surface area contributed by atoms with Crippen LogP contribution in [0.2, 0.25) is 0 Å². The van der Waals surface area contributed by atoms with Crippen molar-refractivity contribution in [1.82, 2.24) is 0 Å². The van der Waals surface area contributed by atoms with Gasteiger partial charge in [-0.25, -0.2) is 9.59 Å². The number of carbonyl (C=O) groups excluding carboxylic acids is 1. The normalized spacial score (nSPS) is 10.5. The van der Waals surface area contributed by atoms with Crippen molar-refractivity contribution < 1.29 is 19.1 Å². The van der Waals surface area contributed by atoms with Crippen LogP contribution in [0.5, 0.6) is 11.5 Å². The summed E-state index contributed by atoms with van der Waals surface area (Å²) in [5, 5.41) is 13.0. The average molecular weight is 311 g/mol. The summed E-state index contributed by atoms with van der Waals surface area (Å²) in [5.41, 5.74) is 0.194. The number of hydrogen-bond donors (Lipinski definition) is 2. The zero-order chi connectivity index (χ0) is 16.4. The summed E-state index contributed by atoms with van der Waals surface area (Å²) >= 11 is 0. The minimum absolute atomic E-state index is 0.00997. The summed E-state index contributed by atoms with van der Waals surface area (Å²) in [6.07, 6.45) is -0.803. The molecular formula is C17H13NO5. The van der Waals surface area contributed by atoms with Gasteiger partial charge in [0.15, 0.2) is 5.58 Å². The molecule has 3 rings (SSSR count). The lowest BCUT2D eigenvalue weighted by atomic mass is 10.1. The molecular weight excluding hydrogens is 298 g/mol. The second-order valence-corrected chi connectivity index (χ2v) is 4.91. The summed E-state index contributed by atoms with van der Waals surface area (Å²) in [6.45, 7) is 1.74. The van der Waals surface area contributed by atoms with Crippen molar-refractivity contribution in [1.29, 1.82) is 0 Å². The van der Waals surface area contributed by atoms with E-state index in [9.17, 15) is 14.7 Å². The topological polar surface area (TPSA) is 88.8 Å². The number of aryl methyl sites for hydroxylation is 1. The van der Waals surface area contributed by atoms with Crippen molar-refractivity contribution in [3.05, 3.63) is 64.5 Å². The Labute approximate surface area is 130 Å². The Morgan fingerprint density at radius 1 is 1.17 bits per heavy atom. The lowest BCUT2D eigenvalue weighted by Gasteiger charge is -2.10. The molecule has 0 aliphatic rings. The number of ether oxygens (including phenoxy) is 1. The Morgan fingerprint density at radius 3 is 2.65 bits per heavy atom. The predicted octanol–water partition coefficient (Wildman–Crippen LogP) is 3.42. The lowest BCUT2D eigenvalue weighted by Crippen LogP contribution is -2.17. The number of rotatable bonds is 2. The van der Waals surface area contributed by atoms with Crippen LogP contribution in [-0.4, -0.2) is 11.2 Å². The maximum atomic E-state index is 12.0. The highest BCUT2D eigenvalue weighted by atomic mass is 16.6. The van der Waals surface area contributed by atoms with Crippen molar-refractivity contribution in [2.24, 2.45) is 0 Å². The number of amides is 1. The van der Waals surface area contributed by atoms with Gasteiger partial charge in [0.05, 0.1) is 0 Å². The fraction of sp³-hybridized carbons (Fsp3) is 0.0588. The molecule has 0 aliphatic heterocycles. The molecule has 1 heterocycles. The van der Waals surface area contributed by atoms with E-state index in [1.807, 2.05) is 0 Å². The van der Waals surface area contributed by atoms with Crippen molar-refractivity contribution in [3.8, 4) is 11.5 Å². The second-order valence-electron chi connectivity index (χ2n) is 4.91. The number of nitrogens with one attached hydrogen (secondary N) is 1. The molecule has 3 aromatic rings. The highest BCUT2D eigenvalue weighted by Crippen LogP contribution is 2.33. The smallest absolute Gasteiger partial charge is 0.417 e. The maximum Gasteiger partial charge on any atom is 0.417 e. The van der Waals surface area contributed by atoms with Gasteiger partial charge in [0.2, 0.25) is 0 Å². The fourth-order valence-electron chi connectivity index (χ4n) is 2.22. The molecule has 0 saturated heterocycles. The van der Waals surface area contributed by atoms with Crippen LogP contribution in [0.1, 0.15) is 5.56 Å². The first-order valence-corrected chi connectivity index (χ1v) is 6.85. The molecule has 1 amide bonds. The van der Waals surface area contributed by atoms with Crippen LogP contribution in [0.4, 0.5) is 10.5 Å². The number of hydrogen-bond acceptors (Lipinski definition) is 5. The second kappa shape index (κ2) is 5.84. The third-order valence-electron chi connectivity index (χ3n) is 3.28. The Bertz CT molecular complexity index is 931. The SMILES string of the molecule is Cc1cc(=O)oc2c(NC(=O)Oc3ccccc3)c(O)ccc12. The summed E-state index contributed by atoms with van der Waals surface area (Å²) in [4.78, 5) is 23.5. The molecule has 1 aromatic heterocycles. The van der Waals surface area contributed by atoms with Crippen LogP contribution in [0.25, 0.3) is 11.0 Å². The Kier molecular flexibility index (Phi) is 3.72. The van der Waals surface area contributed by atoms with Crippen molar-refractivity contribution in [2.75, 3.05) is 5.32 Å². The van der Waals surface area contributed by atoms with Crippen LogP contribution >= 0.6 is 0 Å². The number of para-hydroxylation sites is 1. The first-order valence-electron chi connectivity index (χ1n) is 6.85. The predicted molar refractivity (Wildman–Crippen MR) is 85.0 cm³/mol. The minimum Gasteiger partial charge on any atom is -0.506 e. The first kappa shape index (κ1) is 14.6. The van der Waals surface area contributed by atoms with Gasteiger partial charge in [-0.05, 0) is 36.8 Å². The van der Waals surface area contributed by atoms with Gasteiger partial charge in [-0.15, -0.1) is 0 Å². The maximum absolute atomic E-state index is 12.0. The van der Waals surface area contributed by atoms with Crippen molar-refractivity contribution in [2.45, 2.75) is 6.92 Å². The zero-order valence-electron chi connectivity index (χ0n) is 12.2. The van der Waals surface area contributed by atoms with E-state index in [1.165, 1.54) is 12.1 Å². The van der Waals surface area contributed by atoms with Gasteiger partial charge < -0.3 is 14.3 Å². The molecule has 0 unspecified atom stereocenters. The first-order chi connectivity index (χ1) is 11.0. The molecule has 0 atom stereocenters. The molecule has 23 heavy (non-hydrogen) atoms. The molecule has 2 N–H and O–H groups in total. The lowest BCUT2D eigenvalue weighted by molar-refractivity contribution is 0.215. The van der Waals surface area contributed by atoms with E-state index in [0.717, 1.165) is 0 Å². The number of phenols is 1. The molecule has 6 heteroatoms. The van der Waals surface area contributed by atoms with Gasteiger partial charge in [0.1, 0.15) is 17.2 Å². The molecule has 0 saturated carbocycles. The molecule has 6 nitrogen and oxygen atoms in total. The monoisotopic (exact) mass is 311 g/mol. The molecule has 0 bridgehead atoms. The van der Waals surface area contributed by atoms with E-state index < -0.39 is 11.7 Å². The summed E-state index contributed by atoms with van der Waals surface area (Å²) in [5.74, 6) is 0.124. The van der Waals surface area contributed by atoms with Gasteiger partial charge in [-0.2, -0.15) is 0 Å². The van der Waals surface area contributed by atoms with E-state index >= 15 is 0 Å². The molecule has 2 aromatic carbocycles. The van der Waals surface area contributed by atoms with Crippen molar-refractivity contribution in [3.63, 3.8) is 0 Å². The van der Waals surface area contributed by atoms with Crippen LogP contribution in [-0.2, 0) is 0 Å². The van der Waals surface area contributed by atoms with E-state index in [1.54, 1.807) is 43.3 Å². The highest BCUT2D eigenvalue weighted by molar-refractivity contribution is 6.00. The van der Waals surface area contributed by atoms with Gasteiger partial charge >= 0.3 is 11.7 Å². The van der Waals surface area contributed by atoms with E-state index in [0.29, 0.717) is 16.7 Å². The Hall–Kier alpha value is -3.28.